The SMILES string of the molecule is CC1C(NC(=O)/C(=N\OCCOc2ccc3c(c2)CC[N+](C)(C)C3)c2csc(N)n2)C(=O)N1S(=O)(=O)O. The summed E-state index contributed by atoms with van der Waals surface area (Å²) in [7, 11) is -0.307. The van der Waals surface area contributed by atoms with Crippen LogP contribution in [0, 0.1) is 0 Å². The van der Waals surface area contributed by atoms with Crippen LogP contribution in [0.5, 0.6) is 5.75 Å². The van der Waals surface area contributed by atoms with Gasteiger partial charge in [-0.1, -0.05) is 5.16 Å². The van der Waals surface area contributed by atoms with E-state index in [1.165, 1.54) is 23.4 Å². The molecule has 13 nitrogen and oxygen atoms in total. The first-order valence-electron chi connectivity index (χ1n) is 11.5. The minimum Gasteiger partial charge on any atom is -0.490 e. The van der Waals surface area contributed by atoms with Gasteiger partial charge >= 0.3 is 10.3 Å². The third kappa shape index (κ3) is 6.01. The number of nitrogens with zero attached hydrogens (tertiary/aromatic N) is 4. The number of likely N-dealkylation sites (N-methyl/N-ethyl adjacent to an activating group) is 1. The van der Waals surface area contributed by atoms with Crippen molar-refractivity contribution < 1.29 is 36.6 Å². The summed E-state index contributed by atoms with van der Waals surface area (Å²) in [5, 5.41) is 7.97. The summed E-state index contributed by atoms with van der Waals surface area (Å²) in [6, 6.07) is 3.86. The van der Waals surface area contributed by atoms with Crippen molar-refractivity contribution in [2.75, 3.05) is 39.6 Å². The van der Waals surface area contributed by atoms with Gasteiger partial charge in [0.05, 0.1) is 26.7 Å². The number of nitrogen functional groups attached to an aromatic ring is 1. The van der Waals surface area contributed by atoms with Gasteiger partial charge in [0.2, 0.25) is 0 Å². The first kappa shape index (κ1) is 26.8. The number of carbonyl (C=O) groups is 2. The predicted octanol–water partition coefficient (Wildman–Crippen LogP) is 0.176. The van der Waals surface area contributed by atoms with Crippen LogP contribution in [0.25, 0.3) is 0 Å². The number of hydrogen-bond donors (Lipinski definition) is 3. The molecule has 2 unspecified atom stereocenters. The molecule has 2 aliphatic rings. The van der Waals surface area contributed by atoms with E-state index in [1.54, 1.807) is 0 Å². The molecular weight excluding hydrogens is 524 g/mol. The summed E-state index contributed by atoms with van der Waals surface area (Å²) in [6.07, 6.45) is 0.972. The largest absolute Gasteiger partial charge is 0.490 e. The van der Waals surface area contributed by atoms with Crippen LogP contribution >= 0.6 is 11.3 Å². The Morgan fingerprint density at radius 1 is 1.35 bits per heavy atom. The van der Waals surface area contributed by atoms with E-state index >= 15 is 0 Å². The fourth-order valence-electron chi connectivity index (χ4n) is 4.26. The molecule has 1 aromatic heterocycles. The number of benzene rings is 1. The first-order chi connectivity index (χ1) is 17.4. The molecule has 3 heterocycles. The lowest BCUT2D eigenvalue weighted by molar-refractivity contribution is -0.905. The number of fused-ring (bicyclic) bond motifs is 1. The maximum Gasteiger partial charge on any atom is 0.362 e. The number of rotatable bonds is 9. The molecule has 0 spiro atoms. The van der Waals surface area contributed by atoms with Gasteiger partial charge in [0.15, 0.2) is 17.5 Å². The van der Waals surface area contributed by atoms with Crippen molar-refractivity contribution in [2.45, 2.75) is 32.0 Å². The molecule has 2 atom stereocenters. The summed E-state index contributed by atoms with van der Waals surface area (Å²) in [4.78, 5) is 34.3. The number of nitrogens with two attached hydrogens (primary N) is 1. The van der Waals surface area contributed by atoms with E-state index in [-0.39, 0.29) is 34.1 Å². The fraction of sp³-hybridized carbons (Fsp3) is 0.455. The smallest absolute Gasteiger partial charge is 0.362 e. The molecule has 2 aliphatic heterocycles. The fourth-order valence-corrected chi connectivity index (χ4v) is 5.69. The number of carbonyl (C=O) groups excluding carboxylic acids is 2. The highest BCUT2D eigenvalue weighted by Gasteiger charge is 2.51. The van der Waals surface area contributed by atoms with Crippen LogP contribution in [-0.4, -0.2) is 90.2 Å². The highest BCUT2D eigenvalue weighted by Crippen LogP contribution is 2.26. The summed E-state index contributed by atoms with van der Waals surface area (Å²) in [5.74, 6) is -1.07. The third-order valence-corrected chi connectivity index (χ3v) is 7.90. The Labute approximate surface area is 218 Å². The van der Waals surface area contributed by atoms with Crippen molar-refractivity contribution in [1.29, 1.82) is 0 Å². The second-order valence-corrected chi connectivity index (χ2v) is 11.7. The highest BCUT2D eigenvalue weighted by molar-refractivity contribution is 7.84. The molecule has 0 saturated carbocycles. The second-order valence-electron chi connectivity index (χ2n) is 9.49. The molecule has 1 fully saturated rings. The summed E-state index contributed by atoms with van der Waals surface area (Å²) in [6.45, 7) is 3.58. The van der Waals surface area contributed by atoms with Crippen molar-refractivity contribution in [3.63, 3.8) is 0 Å². The van der Waals surface area contributed by atoms with Crippen LogP contribution in [-0.2, 0) is 37.7 Å². The average molecular weight is 554 g/mol. The van der Waals surface area contributed by atoms with Gasteiger partial charge in [0.25, 0.3) is 11.8 Å². The topological polar surface area (TPSA) is 174 Å². The molecule has 4 N–H and O–H groups in total. The molecule has 2 aromatic rings. The van der Waals surface area contributed by atoms with Crippen LogP contribution in [0.3, 0.4) is 0 Å². The van der Waals surface area contributed by atoms with E-state index in [0.29, 0.717) is 5.75 Å². The molecule has 15 heteroatoms. The average Bonchev–Trinajstić information content (AvgIpc) is 3.24. The molecular formula is C22H29N6O7S2+. The third-order valence-electron chi connectivity index (χ3n) is 6.21. The molecule has 37 heavy (non-hydrogen) atoms. The van der Waals surface area contributed by atoms with Gasteiger partial charge in [0.1, 0.15) is 30.6 Å². The molecule has 2 amide bonds. The maximum absolute atomic E-state index is 12.9. The number of nitrogens with one attached hydrogen (secondary N) is 1. The second kappa shape index (κ2) is 10.2. The van der Waals surface area contributed by atoms with Crippen LogP contribution in [0.4, 0.5) is 5.13 Å². The summed E-state index contributed by atoms with van der Waals surface area (Å²) >= 11 is 1.08. The zero-order chi connectivity index (χ0) is 27.0. The van der Waals surface area contributed by atoms with Crippen molar-refractivity contribution in [3.05, 3.63) is 40.4 Å². The van der Waals surface area contributed by atoms with Crippen LogP contribution in [0.2, 0.25) is 0 Å². The lowest BCUT2D eigenvalue weighted by Gasteiger charge is -2.42. The van der Waals surface area contributed by atoms with E-state index in [9.17, 15) is 18.0 Å². The number of oxime groups is 1. The molecule has 1 aromatic carbocycles. The van der Waals surface area contributed by atoms with Crippen molar-refractivity contribution >= 4 is 44.3 Å². The van der Waals surface area contributed by atoms with Gasteiger partial charge < -0.3 is 25.1 Å². The summed E-state index contributed by atoms with van der Waals surface area (Å²) in [5.41, 5.74) is 8.13. The van der Waals surface area contributed by atoms with Crippen molar-refractivity contribution in [2.24, 2.45) is 5.16 Å². The minimum absolute atomic E-state index is 0.0205. The van der Waals surface area contributed by atoms with Crippen molar-refractivity contribution in [3.8, 4) is 5.75 Å². The van der Waals surface area contributed by atoms with Gasteiger partial charge in [-0.25, -0.2) is 9.29 Å². The number of thiazole rings is 1. The molecule has 4 rings (SSSR count). The zero-order valence-corrected chi connectivity index (χ0v) is 22.2. The first-order valence-corrected chi connectivity index (χ1v) is 13.7. The van der Waals surface area contributed by atoms with E-state index in [4.69, 9.17) is 19.9 Å². The molecule has 1 saturated heterocycles. The van der Waals surface area contributed by atoms with Crippen molar-refractivity contribution in [1.82, 2.24) is 14.6 Å². The van der Waals surface area contributed by atoms with E-state index in [0.717, 1.165) is 35.3 Å². The monoisotopic (exact) mass is 553 g/mol. The van der Waals surface area contributed by atoms with E-state index < -0.39 is 34.2 Å². The maximum atomic E-state index is 12.9. The van der Waals surface area contributed by atoms with E-state index in [2.05, 4.69) is 35.6 Å². The Balaban J connectivity index is 1.36. The van der Waals surface area contributed by atoms with Crippen LogP contribution in [0.1, 0.15) is 23.7 Å². The number of anilines is 1. The Kier molecular flexibility index (Phi) is 7.41. The normalized spacial score (nSPS) is 21.1. The molecule has 0 aliphatic carbocycles. The number of β-lactam (4-membered cyclic amide) rings is 1. The van der Waals surface area contributed by atoms with Gasteiger partial charge in [0, 0.05) is 17.4 Å². The zero-order valence-electron chi connectivity index (χ0n) is 20.6. The molecule has 0 radical (unpaired) electrons. The molecule has 0 bridgehead atoms. The minimum atomic E-state index is -4.72. The predicted molar refractivity (Wildman–Crippen MR) is 135 cm³/mol. The van der Waals surface area contributed by atoms with Gasteiger partial charge in [-0.3, -0.25) is 14.1 Å². The Hall–Kier alpha value is -3.27. The highest BCUT2D eigenvalue weighted by atomic mass is 32.2. The Morgan fingerprint density at radius 2 is 2.11 bits per heavy atom. The van der Waals surface area contributed by atoms with Crippen LogP contribution < -0.4 is 15.8 Å². The summed E-state index contributed by atoms with van der Waals surface area (Å²) < 4.78 is 38.7. The molecule has 200 valence electrons. The quantitative estimate of drug-likeness (QED) is 0.0977. The number of ether oxygens (including phenoxy) is 1. The standard InChI is InChI=1S/C22H28N6O7S2/c1-13-18(21(30)27(13)37(31,32)33)25-20(29)19(17-12-36-22(23)24-17)26-35-9-8-34-16-5-4-15-11-28(2,3)7-6-14(15)10-16/h4-5,10,12-13,18H,6-9,11H2,1-3H3,(H3-,23,24,25,29,31,32,33)/p+1/b26-19-. The number of amides is 2. The van der Waals surface area contributed by atoms with Gasteiger partial charge in [-0.05, 0) is 30.7 Å². The lowest BCUT2D eigenvalue weighted by Crippen LogP contribution is -2.71. The lowest BCUT2D eigenvalue weighted by atomic mass is 9.98. The van der Waals surface area contributed by atoms with Gasteiger partial charge in [-0.15, -0.1) is 11.3 Å². The van der Waals surface area contributed by atoms with Gasteiger partial charge in [-0.2, -0.15) is 8.42 Å². The van der Waals surface area contributed by atoms with Crippen LogP contribution in [0.15, 0.2) is 28.7 Å². The number of aromatic nitrogens is 1. The number of hydrogen-bond acceptors (Lipinski definition) is 10. The van der Waals surface area contributed by atoms with E-state index in [1.807, 2.05) is 12.1 Å². The Morgan fingerprint density at radius 3 is 2.76 bits per heavy atom. The number of quaternary nitrogens is 1. The Bertz CT molecular complexity index is 1340.